The van der Waals surface area contributed by atoms with Gasteiger partial charge in [0.15, 0.2) is 0 Å². The third-order valence-electron chi connectivity index (χ3n) is 7.74. The number of imide groups is 1. The predicted octanol–water partition coefficient (Wildman–Crippen LogP) is 3.49. The summed E-state index contributed by atoms with van der Waals surface area (Å²) in [5.74, 6) is 0.229. The summed E-state index contributed by atoms with van der Waals surface area (Å²) in [4.78, 5) is 34.5. The molecule has 6 nitrogen and oxygen atoms in total. The average Bonchev–Trinajstić information content (AvgIpc) is 3.50. The fraction of sp³-hybridized carbons (Fsp3) is 0.400. The van der Waals surface area contributed by atoms with Crippen molar-refractivity contribution in [2.24, 2.45) is 34.7 Å². The second-order valence-electron chi connectivity index (χ2n) is 9.17. The van der Waals surface area contributed by atoms with Crippen LogP contribution >= 0.6 is 0 Å². The van der Waals surface area contributed by atoms with E-state index >= 15 is 0 Å². The maximum absolute atomic E-state index is 13.6. The molecule has 4 aliphatic rings. The molecular weight excluding hydrogens is 392 g/mol. The number of anilines is 1. The van der Waals surface area contributed by atoms with Crippen LogP contribution in [0.1, 0.15) is 23.1 Å². The van der Waals surface area contributed by atoms with Crippen LogP contribution in [0, 0.1) is 43.4 Å². The SMILES string of the molecule is COc1ccc(C2=NO[C@@H]3[C@H]4C[C@@H]([C@H]23)[C@@H]2C(=O)N(c3c(C)cccc3C)C(=O)[C@H]42)cc1. The van der Waals surface area contributed by atoms with Crippen molar-refractivity contribution < 1.29 is 19.2 Å². The zero-order valence-corrected chi connectivity index (χ0v) is 17.7. The Morgan fingerprint density at radius 3 is 2.23 bits per heavy atom. The molecule has 2 aliphatic heterocycles. The summed E-state index contributed by atoms with van der Waals surface area (Å²) in [5, 5.41) is 4.41. The Labute approximate surface area is 180 Å². The smallest absolute Gasteiger partial charge is 0.238 e. The fourth-order valence-corrected chi connectivity index (χ4v) is 6.51. The first-order valence-electron chi connectivity index (χ1n) is 10.8. The molecule has 2 saturated carbocycles. The van der Waals surface area contributed by atoms with Gasteiger partial charge >= 0.3 is 0 Å². The van der Waals surface area contributed by atoms with E-state index in [1.807, 2.05) is 56.3 Å². The van der Waals surface area contributed by atoms with Crippen molar-refractivity contribution in [3.8, 4) is 5.75 Å². The van der Waals surface area contributed by atoms with Crippen molar-refractivity contribution in [3.05, 3.63) is 59.2 Å². The molecule has 0 radical (unpaired) electrons. The molecule has 2 bridgehead atoms. The molecule has 0 N–H and O–H groups in total. The maximum Gasteiger partial charge on any atom is 0.238 e. The van der Waals surface area contributed by atoms with Gasteiger partial charge in [-0.1, -0.05) is 23.4 Å². The number of hydrogen-bond acceptors (Lipinski definition) is 5. The van der Waals surface area contributed by atoms with E-state index in [0.717, 1.165) is 40.3 Å². The van der Waals surface area contributed by atoms with Crippen molar-refractivity contribution in [1.29, 1.82) is 0 Å². The number of carbonyl (C=O) groups is 2. The van der Waals surface area contributed by atoms with Gasteiger partial charge in [-0.2, -0.15) is 0 Å². The van der Waals surface area contributed by atoms with Gasteiger partial charge in [-0.3, -0.25) is 9.59 Å². The number of oxime groups is 1. The topological polar surface area (TPSA) is 68.2 Å². The molecule has 0 aromatic heterocycles. The number of benzene rings is 2. The van der Waals surface area contributed by atoms with Crippen molar-refractivity contribution in [1.82, 2.24) is 0 Å². The van der Waals surface area contributed by atoms with Gasteiger partial charge in [-0.25, -0.2) is 4.90 Å². The molecule has 31 heavy (non-hydrogen) atoms. The Kier molecular flexibility index (Phi) is 3.86. The number of nitrogens with zero attached hydrogens (tertiary/aromatic N) is 2. The van der Waals surface area contributed by atoms with Gasteiger partial charge in [0.25, 0.3) is 0 Å². The van der Waals surface area contributed by atoms with Gasteiger partial charge in [0.1, 0.15) is 11.9 Å². The minimum absolute atomic E-state index is 0.0327. The monoisotopic (exact) mass is 416 g/mol. The summed E-state index contributed by atoms with van der Waals surface area (Å²) >= 11 is 0. The lowest BCUT2D eigenvalue weighted by Gasteiger charge is -2.29. The highest BCUT2D eigenvalue weighted by atomic mass is 16.6. The summed E-state index contributed by atoms with van der Waals surface area (Å²) in [6, 6.07) is 13.7. The highest BCUT2D eigenvalue weighted by Gasteiger charge is 2.70. The summed E-state index contributed by atoms with van der Waals surface area (Å²) in [7, 11) is 1.64. The predicted molar refractivity (Wildman–Crippen MR) is 115 cm³/mol. The number of fused-ring (bicyclic) bond motifs is 8. The molecule has 2 aromatic carbocycles. The molecule has 6 atom stereocenters. The highest BCUT2D eigenvalue weighted by molar-refractivity contribution is 6.23. The number of methoxy groups -OCH3 is 1. The van der Waals surface area contributed by atoms with Crippen LogP contribution in [0.4, 0.5) is 5.69 Å². The molecule has 2 heterocycles. The number of aryl methyl sites for hydroxylation is 2. The highest BCUT2D eigenvalue weighted by Crippen LogP contribution is 2.62. The maximum atomic E-state index is 13.6. The average molecular weight is 416 g/mol. The number of hydrogen-bond donors (Lipinski definition) is 0. The molecule has 0 spiro atoms. The van der Waals surface area contributed by atoms with E-state index in [4.69, 9.17) is 9.57 Å². The van der Waals surface area contributed by atoms with E-state index in [0.29, 0.717) is 0 Å². The molecule has 6 rings (SSSR count). The Morgan fingerprint density at radius 1 is 0.935 bits per heavy atom. The first kappa shape index (κ1) is 18.6. The van der Waals surface area contributed by atoms with Gasteiger partial charge in [0, 0.05) is 17.4 Å². The minimum Gasteiger partial charge on any atom is -0.497 e. The van der Waals surface area contributed by atoms with Crippen LogP contribution in [-0.4, -0.2) is 30.7 Å². The zero-order chi connectivity index (χ0) is 21.4. The van der Waals surface area contributed by atoms with Crippen molar-refractivity contribution in [3.63, 3.8) is 0 Å². The Balaban J connectivity index is 1.36. The molecule has 2 aromatic rings. The van der Waals surface area contributed by atoms with E-state index in [-0.39, 0.29) is 47.5 Å². The Hall–Kier alpha value is -3.15. The number of para-hydroxylation sites is 1. The van der Waals surface area contributed by atoms with Gasteiger partial charge in [0.05, 0.1) is 30.3 Å². The summed E-state index contributed by atoms with van der Waals surface area (Å²) in [6.45, 7) is 3.91. The number of rotatable bonds is 3. The quantitative estimate of drug-likeness (QED) is 0.719. The van der Waals surface area contributed by atoms with Crippen molar-refractivity contribution >= 4 is 23.2 Å². The van der Waals surface area contributed by atoms with Crippen LogP contribution in [-0.2, 0) is 14.4 Å². The standard InChI is InChI=1S/C25H24N2O4/c1-12-5-4-6-13(2)22(12)27-24(28)18-16-11-17(19(18)25(27)29)23-20(16)21(26-31-23)14-7-9-15(30-3)10-8-14/h4-10,16-20,23H,11H2,1-3H3/t16-,17+,18+,19-,20-,23-/m1/s1. The molecule has 6 heteroatoms. The normalized spacial score (nSPS) is 32.7. The van der Waals surface area contributed by atoms with Gasteiger partial charge in [0.2, 0.25) is 11.8 Å². The number of carbonyl (C=O) groups excluding carboxylic acids is 2. The summed E-state index contributed by atoms with van der Waals surface area (Å²) < 4.78 is 5.26. The van der Waals surface area contributed by atoms with Gasteiger partial charge in [-0.05, 0) is 61.6 Å². The van der Waals surface area contributed by atoms with E-state index in [2.05, 4.69) is 5.16 Å². The first-order valence-corrected chi connectivity index (χ1v) is 10.8. The summed E-state index contributed by atoms with van der Waals surface area (Å²) in [6.07, 6.45) is 0.718. The fourth-order valence-electron chi connectivity index (χ4n) is 6.51. The van der Waals surface area contributed by atoms with Crippen LogP contribution in [0.3, 0.4) is 0 Å². The molecule has 2 aliphatic carbocycles. The molecule has 158 valence electrons. The zero-order valence-electron chi connectivity index (χ0n) is 17.7. The molecule has 3 fully saturated rings. The second-order valence-corrected chi connectivity index (χ2v) is 9.17. The molecule has 0 unspecified atom stereocenters. The van der Waals surface area contributed by atoms with Crippen LogP contribution in [0.5, 0.6) is 5.75 Å². The first-order chi connectivity index (χ1) is 15.0. The largest absolute Gasteiger partial charge is 0.497 e. The summed E-state index contributed by atoms with van der Waals surface area (Å²) in [5.41, 5.74) is 4.53. The van der Waals surface area contributed by atoms with Gasteiger partial charge in [-0.15, -0.1) is 0 Å². The van der Waals surface area contributed by atoms with Crippen LogP contribution < -0.4 is 9.64 Å². The van der Waals surface area contributed by atoms with E-state index < -0.39 is 0 Å². The molecule has 1 saturated heterocycles. The van der Waals surface area contributed by atoms with Crippen LogP contribution in [0.15, 0.2) is 47.6 Å². The van der Waals surface area contributed by atoms with Crippen molar-refractivity contribution in [2.75, 3.05) is 12.0 Å². The minimum atomic E-state index is -0.303. The van der Waals surface area contributed by atoms with Crippen LogP contribution in [0.25, 0.3) is 0 Å². The molecule has 2 amide bonds. The number of ether oxygens (including phenoxy) is 1. The number of amides is 2. The lowest BCUT2D eigenvalue weighted by molar-refractivity contribution is -0.125. The second kappa shape index (κ2) is 6.42. The Morgan fingerprint density at radius 2 is 1.58 bits per heavy atom. The van der Waals surface area contributed by atoms with E-state index in [1.54, 1.807) is 7.11 Å². The van der Waals surface area contributed by atoms with E-state index in [9.17, 15) is 9.59 Å². The van der Waals surface area contributed by atoms with Crippen molar-refractivity contribution in [2.45, 2.75) is 26.4 Å². The van der Waals surface area contributed by atoms with Crippen LogP contribution in [0.2, 0.25) is 0 Å². The molecular formula is C25H24N2O4. The third kappa shape index (κ3) is 2.36. The lowest BCUT2D eigenvalue weighted by atomic mass is 9.71. The van der Waals surface area contributed by atoms with E-state index in [1.165, 1.54) is 4.90 Å². The third-order valence-corrected chi connectivity index (χ3v) is 7.74. The lowest BCUT2D eigenvalue weighted by Crippen LogP contribution is -2.41. The van der Waals surface area contributed by atoms with Gasteiger partial charge < -0.3 is 9.57 Å². The Bertz CT molecular complexity index is 1120.